The SMILES string of the molecule is COc1ccc2cc([C@H](CC(F)F)N3CCNCC3)ccc2c1. The lowest BCUT2D eigenvalue weighted by Gasteiger charge is -2.35. The van der Waals surface area contributed by atoms with Gasteiger partial charge in [0, 0.05) is 38.6 Å². The molecule has 3 rings (SSSR count). The molecule has 1 saturated heterocycles. The standard InChI is InChI=1S/C18H22F2N2O/c1-23-16-5-4-13-10-15(3-2-14(13)11-16)17(12-18(19)20)22-8-6-21-7-9-22/h2-5,10-11,17-18,21H,6-9,12H2,1H3/t17-/m0/s1. The summed E-state index contributed by atoms with van der Waals surface area (Å²) in [5.41, 5.74) is 0.963. The second-order valence-electron chi connectivity index (χ2n) is 5.90. The predicted octanol–water partition coefficient (Wildman–Crippen LogP) is 3.45. The summed E-state index contributed by atoms with van der Waals surface area (Å²) in [4.78, 5) is 2.16. The maximum Gasteiger partial charge on any atom is 0.240 e. The Bertz CT molecular complexity index is 657. The summed E-state index contributed by atoms with van der Waals surface area (Å²) < 4.78 is 31.4. The lowest BCUT2D eigenvalue weighted by molar-refractivity contribution is 0.0740. The van der Waals surface area contributed by atoms with E-state index >= 15 is 0 Å². The number of nitrogens with zero attached hydrogens (tertiary/aromatic N) is 1. The smallest absolute Gasteiger partial charge is 0.240 e. The highest BCUT2D eigenvalue weighted by Gasteiger charge is 2.25. The summed E-state index contributed by atoms with van der Waals surface area (Å²) in [5.74, 6) is 0.802. The van der Waals surface area contributed by atoms with Crippen LogP contribution in [0.4, 0.5) is 8.78 Å². The number of fused-ring (bicyclic) bond motifs is 1. The number of rotatable bonds is 5. The summed E-state index contributed by atoms with van der Waals surface area (Å²) in [6.45, 7) is 3.31. The summed E-state index contributed by atoms with van der Waals surface area (Å²) >= 11 is 0. The molecular formula is C18H22F2N2O. The molecular weight excluding hydrogens is 298 g/mol. The van der Waals surface area contributed by atoms with Crippen LogP contribution < -0.4 is 10.1 Å². The molecule has 0 spiro atoms. The number of methoxy groups -OCH3 is 1. The zero-order valence-corrected chi connectivity index (χ0v) is 13.3. The maximum atomic E-state index is 13.1. The van der Waals surface area contributed by atoms with Crippen LogP contribution in [0.5, 0.6) is 5.75 Å². The molecule has 1 atom stereocenters. The lowest BCUT2D eigenvalue weighted by atomic mass is 9.98. The van der Waals surface area contributed by atoms with Gasteiger partial charge in [0.2, 0.25) is 6.43 Å². The molecule has 124 valence electrons. The van der Waals surface area contributed by atoms with Gasteiger partial charge in [-0.25, -0.2) is 8.78 Å². The molecule has 3 nitrogen and oxygen atoms in total. The van der Waals surface area contributed by atoms with Crippen molar-refractivity contribution in [2.75, 3.05) is 33.3 Å². The Balaban J connectivity index is 1.92. The van der Waals surface area contributed by atoms with Gasteiger partial charge < -0.3 is 10.1 Å². The van der Waals surface area contributed by atoms with Gasteiger partial charge in [-0.1, -0.05) is 18.2 Å². The van der Waals surface area contributed by atoms with Crippen LogP contribution in [-0.4, -0.2) is 44.6 Å². The average molecular weight is 320 g/mol. The normalized spacial score (nSPS) is 17.6. The molecule has 0 bridgehead atoms. The van der Waals surface area contributed by atoms with E-state index in [2.05, 4.69) is 10.2 Å². The van der Waals surface area contributed by atoms with Crippen molar-refractivity contribution < 1.29 is 13.5 Å². The molecule has 1 aliphatic heterocycles. The van der Waals surface area contributed by atoms with Crippen LogP contribution >= 0.6 is 0 Å². The van der Waals surface area contributed by atoms with E-state index in [0.29, 0.717) is 0 Å². The van der Waals surface area contributed by atoms with E-state index < -0.39 is 6.43 Å². The maximum absolute atomic E-state index is 13.1. The lowest BCUT2D eigenvalue weighted by Crippen LogP contribution is -2.45. The topological polar surface area (TPSA) is 24.5 Å². The first-order valence-corrected chi connectivity index (χ1v) is 7.98. The molecule has 1 heterocycles. The van der Waals surface area contributed by atoms with Crippen molar-refractivity contribution in [2.24, 2.45) is 0 Å². The zero-order chi connectivity index (χ0) is 16.2. The highest BCUT2D eigenvalue weighted by Crippen LogP contribution is 2.31. The summed E-state index contributed by atoms with van der Waals surface area (Å²) in [6.07, 6.45) is -2.43. The number of alkyl halides is 2. The molecule has 0 radical (unpaired) electrons. The predicted molar refractivity (Wildman–Crippen MR) is 88.3 cm³/mol. The highest BCUT2D eigenvalue weighted by atomic mass is 19.3. The molecule has 0 amide bonds. The summed E-state index contributed by atoms with van der Waals surface area (Å²) in [5, 5.41) is 5.39. The van der Waals surface area contributed by atoms with E-state index in [1.54, 1.807) is 7.11 Å². The number of hydrogen-bond donors (Lipinski definition) is 1. The van der Waals surface area contributed by atoms with Crippen LogP contribution in [0.3, 0.4) is 0 Å². The van der Waals surface area contributed by atoms with Gasteiger partial charge in [-0.3, -0.25) is 4.90 Å². The average Bonchev–Trinajstić information content (AvgIpc) is 2.59. The Morgan fingerprint density at radius 3 is 2.48 bits per heavy atom. The minimum atomic E-state index is -2.30. The van der Waals surface area contributed by atoms with E-state index in [1.165, 1.54) is 0 Å². The number of benzene rings is 2. The molecule has 0 unspecified atom stereocenters. The molecule has 2 aromatic rings. The summed E-state index contributed by atoms with van der Waals surface area (Å²) in [7, 11) is 1.64. The van der Waals surface area contributed by atoms with E-state index in [1.807, 2.05) is 36.4 Å². The number of hydrogen-bond acceptors (Lipinski definition) is 3. The largest absolute Gasteiger partial charge is 0.497 e. The van der Waals surface area contributed by atoms with Crippen molar-refractivity contribution in [3.05, 3.63) is 42.0 Å². The third kappa shape index (κ3) is 3.79. The number of nitrogens with one attached hydrogen (secondary N) is 1. The van der Waals surface area contributed by atoms with Crippen molar-refractivity contribution in [3.63, 3.8) is 0 Å². The van der Waals surface area contributed by atoms with Crippen LogP contribution in [0.2, 0.25) is 0 Å². The number of ether oxygens (including phenoxy) is 1. The Morgan fingerprint density at radius 1 is 1.09 bits per heavy atom. The van der Waals surface area contributed by atoms with Gasteiger partial charge in [-0.05, 0) is 34.5 Å². The third-order valence-corrected chi connectivity index (χ3v) is 4.45. The molecule has 1 aliphatic rings. The van der Waals surface area contributed by atoms with Gasteiger partial charge in [0.05, 0.1) is 7.11 Å². The van der Waals surface area contributed by atoms with Crippen molar-refractivity contribution in [2.45, 2.75) is 18.9 Å². The Kier molecular flexibility index (Phi) is 5.08. The van der Waals surface area contributed by atoms with E-state index in [0.717, 1.165) is 48.3 Å². The van der Waals surface area contributed by atoms with Crippen LogP contribution in [0.15, 0.2) is 36.4 Å². The highest BCUT2D eigenvalue weighted by molar-refractivity contribution is 5.84. The molecule has 2 aromatic carbocycles. The van der Waals surface area contributed by atoms with Crippen molar-refractivity contribution in [3.8, 4) is 5.75 Å². The molecule has 23 heavy (non-hydrogen) atoms. The van der Waals surface area contributed by atoms with E-state index in [-0.39, 0.29) is 12.5 Å². The van der Waals surface area contributed by atoms with Gasteiger partial charge in [0.15, 0.2) is 0 Å². The number of halogens is 2. The van der Waals surface area contributed by atoms with Gasteiger partial charge in [0.25, 0.3) is 0 Å². The monoisotopic (exact) mass is 320 g/mol. The quantitative estimate of drug-likeness (QED) is 0.913. The van der Waals surface area contributed by atoms with Gasteiger partial charge in [0.1, 0.15) is 5.75 Å². The van der Waals surface area contributed by atoms with Crippen LogP contribution in [0.1, 0.15) is 18.0 Å². The van der Waals surface area contributed by atoms with Gasteiger partial charge in [-0.15, -0.1) is 0 Å². The van der Waals surface area contributed by atoms with Crippen molar-refractivity contribution >= 4 is 10.8 Å². The first kappa shape index (κ1) is 16.1. The van der Waals surface area contributed by atoms with Gasteiger partial charge >= 0.3 is 0 Å². The minimum Gasteiger partial charge on any atom is -0.497 e. The second kappa shape index (κ2) is 7.23. The fraction of sp³-hybridized carbons (Fsp3) is 0.444. The third-order valence-electron chi connectivity index (χ3n) is 4.45. The molecule has 1 fully saturated rings. The zero-order valence-electron chi connectivity index (χ0n) is 13.3. The Hall–Kier alpha value is -1.72. The fourth-order valence-corrected chi connectivity index (χ4v) is 3.24. The van der Waals surface area contributed by atoms with Crippen LogP contribution in [0.25, 0.3) is 10.8 Å². The molecule has 0 saturated carbocycles. The van der Waals surface area contributed by atoms with Gasteiger partial charge in [-0.2, -0.15) is 0 Å². The first-order valence-electron chi connectivity index (χ1n) is 7.98. The van der Waals surface area contributed by atoms with E-state index in [4.69, 9.17) is 4.74 Å². The van der Waals surface area contributed by atoms with E-state index in [9.17, 15) is 8.78 Å². The minimum absolute atomic E-state index is 0.123. The Morgan fingerprint density at radius 2 is 1.78 bits per heavy atom. The molecule has 1 N–H and O–H groups in total. The van der Waals surface area contributed by atoms with Crippen molar-refractivity contribution in [1.82, 2.24) is 10.2 Å². The molecule has 0 aromatic heterocycles. The van der Waals surface area contributed by atoms with Crippen molar-refractivity contribution in [1.29, 1.82) is 0 Å². The number of piperazine rings is 1. The Labute approximate surface area is 135 Å². The fourth-order valence-electron chi connectivity index (χ4n) is 3.24. The van der Waals surface area contributed by atoms with Crippen LogP contribution in [0, 0.1) is 0 Å². The summed E-state index contributed by atoms with van der Waals surface area (Å²) in [6, 6.07) is 11.6. The second-order valence-corrected chi connectivity index (χ2v) is 5.90. The van der Waals surface area contributed by atoms with Crippen LogP contribution in [-0.2, 0) is 0 Å². The molecule has 0 aliphatic carbocycles. The first-order chi connectivity index (χ1) is 11.2. The molecule has 5 heteroatoms.